The van der Waals surface area contributed by atoms with Gasteiger partial charge in [0, 0.05) is 21.6 Å². The minimum atomic E-state index is -3.04. The quantitative estimate of drug-likeness (QED) is 0.774. The predicted octanol–water partition coefficient (Wildman–Crippen LogP) is 3.36. The highest BCUT2D eigenvalue weighted by Gasteiger charge is 2.44. The first-order valence-corrected chi connectivity index (χ1v) is 12.2. The third-order valence-corrected chi connectivity index (χ3v) is 8.28. The number of nitrogens with one attached hydrogen (secondary N) is 1. The van der Waals surface area contributed by atoms with E-state index in [0.717, 1.165) is 16.9 Å². The number of rotatable bonds is 4. The Morgan fingerprint density at radius 3 is 2.69 bits per heavy atom. The van der Waals surface area contributed by atoms with Crippen molar-refractivity contribution in [2.45, 2.75) is 18.2 Å². The molecule has 1 N–H and O–H groups in total. The molecule has 0 bridgehead atoms. The average Bonchev–Trinajstić information content (AvgIpc) is 3.14. The molecule has 0 unspecified atom stereocenters. The van der Waals surface area contributed by atoms with E-state index in [1.807, 2.05) is 48.2 Å². The Morgan fingerprint density at radius 1 is 1.24 bits per heavy atom. The van der Waals surface area contributed by atoms with Crippen molar-refractivity contribution < 1.29 is 13.2 Å². The van der Waals surface area contributed by atoms with Crippen LogP contribution in [0.4, 0.5) is 11.4 Å². The third-order valence-electron chi connectivity index (χ3n) is 4.78. The highest BCUT2D eigenvalue weighted by molar-refractivity contribution is 8.15. The Hall–Kier alpha value is -2.03. The maximum atomic E-state index is 12.7. The van der Waals surface area contributed by atoms with Crippen LogP contribution in [0.25, 0.3) is 0 Å². The van der Waals surface area contributed by atoms with Crippen LogP contribution in [0.2, 0.25) is 5.02 Å². The van der Waals surface area contributed by atoms with Crippen LogP contribution < -0.4 is 10.2 Å². The summed E-state index contributed by atoms with van der Waals surface area (Å²) in [4.78, 5) is 19.2. The van der Waals surface area contributed by atoms with E-state index in [1.54, 1.807) is 12.1 Å². The van der Waals surface area contributed by atoms with Crippen LogP contribution >= 0.6 is 23.4 Å². The zero-order valence-corrected chi connectivity index (χ0v) is 18.1. The molecule has 9 heteroatoms. The number of hydrogen-bond donors (Lipinski definition) is 1. The second-order valence-electron chi connectivity index (χ2n) is 7.19. The molecule has 1 fully saturated rings. The molecule has 2 aliphatic heterocycles. The van der Waals surface area contributed by atoms with Crippen molar-refractivity contribution in [1.29, 1.82) is 0 Å². The molecule has 0 saturated carbocycles. The molecule has 4 rings (SSSR count). The number of carbonyl (C=O) groups is 1. The van der Waals surface area contributed by atoms with Crippen LogP contribution in [0.5, 0.6) is 0 Å². The van der Waals surface area contributed by atoms with Gasteiger partial charge < -0.3 is 10.2 Å². The lowest BCUT2D eigenvalue weighted by molar-refractivity contribution is -0.114. The minimum Gasteiger partial charge on any atom is -0.325 e. The number of thioether (sulfide) groups is 1. The van der Waals surface area contributed by atoms with E-state index in [2.05, 4.69) is 10.3 Å². The minimum absolute atomic E-state index is 0.0631. The van der Waals surface area contributed by atoms with Crippen LogP contribution in [0, 0.1) is 6.92 Å². The lowest BCUT2D eigenvalue weighted by Crippen LogP contribution is -2.36. The van der Waals surface area contributed by atoms with E-state index in [4.69, 9.17) is 11.6 Å². The number of hydrogen-bond acceptors (Lipinski definition) is 6. The first-order chi connectivity index (χ1) is 13.8. The predicted molar refractivity (Wildman–Crippen MR) is 120 cm³/mol. The number of amidine groups is 1. The van der Waals surface area contributed by atoms with Crippen molar-refractivity contribution in [1.82, 2.24) is 0 Å². The topological polar surface area (TPSA) is 78.8 Å². The van der Waals surface area contributed by atoms with Gasteiger partial charge in [-0.05, 0) is 48.9 Å². The fraction of sp³-hybridized carbons (Fsp3) is 0.300. The van der Waals surface area contributed by atoms with Gasteiger partial charge in [0.25, 0.3) is 0 Å². The van der Waals surface area contributed by atoms with Crippen LogP contribution in [-0.4, -0.2) is 48.8 Å². The smallest absolute Gasteiger partial charge is 0.244 e. The van der Waals surface area contributed by atoms with Gasteiger partial charge in [-0.2, -0.15) is 0 Å². The second-order valence-corrected chi connectivity index (χ2v) is 11.0. The number of nitrogens with zero attached hydrogens (tertiary/aromatic N) is 2. The standard InChI is InChI=1S/C20H20ClN3O3S2/c1-13-3-2-4-15(9-13)22-19(25)10-24(16-7-5-14(21)6-8-16)20-23-17-11-29(26,27)12-18(17)28-20/h2-9,17-18H,10-12H2,1H3,(H,22,25)/t17-,18+/m0/s1. The number of aryl methyl sites for hydroxylation is 1. The maximum Gasteiger partial charge on any atom is 0.244 e. The van der Waals surface area contributed by atoms with Crippen molar-refractivity contribution in [2.75, 3.05) is 28.3 Å². The number of aliphatic imine (C=N–C) groups is 1. The summed E-state index contributed by atoms with van der Waals surface area (Å²) in [5.41, 5.74) is 2.57. The molecule has 0 spiro atoms. The Balaban J connectivity index is 1.56. The van der Waals surface area contributed by atoms with Gasteiger partial charge in [0.15, 0.2) is 15.0 Å². The van der Waals surface area contributed by atoms with E-state index in [1.165, 1.54) is 11.8 Å². The highest BCUT2D eigenvalue weighted by Crippen LogP contribution is 2.37. The van der Waals surface area contributed by atoms with E-state index < -0.39 is 9.84 Å². The Morgan fingerprint density at radius 2 is 2.00 bits per heavy atom. The van der Waals surface area contributed by atoms with Crippen LogP contribution in [-0.2, 0) is 14.6 Å². The molecule has 2 aromatic rings. The maximum absolute atomic E-state index is 12.7. The molecule has 2 heterocycles. The van der Waals surface area contributed by atoms with Crippen LogP contribution in [0.3, 0.4) is 0 Å². The van der Waals surface area contributed by atoms with Crippen LogP contribution in [0.15, 0.2) is 53.5 Å². The monoisotopic (exact) mass is 449 g/mol. The summed E-state index contributed by atoms with van der Waals surface area (Å²) in [5.74, 6) is 0.00994. The normalized spacial score (nSPS) is 22.1. The molecule has 2 atom stereocenters. The summed E-state index contributed by atoms with van der Waals surface area (Å²) >= 11 is 7.44. The van der Waals surface area contributed by atoms with E-state index in [9.17, 15) is 13.2 Å². The number of carbonyl (C=O) groups excluding carboxylic acids is 1. The van der Waals surface area contributed by atoms with Crippen molar-refractivity contribution in [3.8, 4) is 0 Å². The molecule has 6 nitrogen and oxygen atoms in total. The Labute approximate surface area is 179 Å². The molecule has 2 aromatic carbocycles. The molecule has 152 valence electrons. The molecule has 1 saturated heterocycles. The van der Waals surface area contributed by atoms with Crippen molar-refractivity contribution in [2.24, 2.45) is 4.99 Å². The summed E-state index contributed by atoms with van der Waals surface area (Å²) in [6, 6.07) is 14.5. The molecule has 0 radical (unpaired) electrons. The lowest BCUT2D eigenvalue weighted by Gasteiger charge is -2.24. The first kappa shape index (κ1) is 20.3. The Kier molecular flexibility index (Phi) is 5.59. The van der Waals surface area contributed by atoms with Gasteiger partial charge in [0.05, 0.1) is 17.5 Å². The van der Waals surface area contributed by atoms with Gasteiger partial charge in [-0.15, -0.1) is 0 Å². The summed E-state index contributed by atoms with van der Waals surface area (Å²) in [6.07, 6.45) is 0. The number of halogens is 1. The summed E-state index contributed by atoms with van der Waals surface area (Å²) in [7, 11) is -3.04. The van der Waals surface area contributed by atoms with Crippen molar-refractivity contribution in [3.63, 3.8) is 0 Å². The molecular formula is C20H20ClN3O3S2. The molecule has 2 aliphatic rings. The van der Waals surface area contributed by atoms with Crippen molar-refractivity contribution >= 4 is 55.6 Å². The second kappa shape index (κ2) is 8.01. The third kappa shape index (κ3) is 4.76. The van der Waals surface area contributed by atoms with Gasteiger partial charge in [-0.3, -0.25) is 9.79 Å². The molecule has 0 aliphatic carbocycles. The molecule has 29 heavy (non-hydrogen) atoms. The fourth-order valence-electron chi connectivity index (χ4n) is 3.43. The van der Waals surface area contributed by atoms with Gasteiger partial charge in [0.2, 0.25) is 5.91 Å². The summed E-state index contributed by atoms with van der Waals surface area (Å²) < 4.78 is 23.7. The number of amides is 1. The molecule has 1 amide bonds. The molecular weight excluding hydrogens is 430 g/mol. The van der Waals surface area contributed by atoms with Gasteiger partial charge in [0.1, 0.15) is 6.54 Å². The number of benzene rings is 2. The van der Waals surface area contributed by atoms with Crippen molar-refractivity contribution in [3.05, 3.63) is 59.1 Å². The summed E-state index contributed by atoms with van der Waals surface area (Å²) in [5, 5.41) is 4.08. The van der Waals surface area contributed by atoms with Gasteiger partial charge >= 0.3 is 0 Å². The first-order valence-electron chi connectivity index (χ1n) is 9.13. The van der Waals surface area contributed by atoms with Gasteiger partial charge in [-0.25, -0.2) is 8.42 Å². The summed E-state index contributed by atoms with van der Waals surface area (Å²) in [6.45, 7) is 2.03. The lowest BCUT2D eigenvalue weighted by atomic mass is 10.2. The fourth-order valence-corrected chi connectivity index (χ4v) is 7.33. The van der Waals surface area contributed by atoms with Gasteiger partial charge in [-0.1, -0.05) is 35.5 Å². The largest absolute Gasteiger partial charge is 0.325 e. The zero-order valence-electron chi connectivity index (χ0n) is 15.7. The van der Waals surface area contributed by atoms with E-state index in [0.29, 0.717) is 10.2 Å². The van der Waals surface area contributed by atoms with Crippen LogP contribution in [0.1, 0.15) is 5.56 Å². The number of anilines is 2. The average molecular weight is 450 g/mol. The SMILES string of the molecule is Cc1cccc(NC(=O)CN(C2=N[C@H]3CS(=O)(=O)C[C@H]3S2)c2ccc(Cl)cc2)c1. The zero-order chi connectivity index (χ0) is 20.6. The number of fused-ring (bicyclic) bond motifs is 1. The Bertz CT molecular complexity index is 1070. The number of sulfone groups is 1. The van der Waals surface area contributed by atoms with E-state index in [-0.39, 0.29) is 35.2 Å². The van der Waals surface area contributed by atoms with E-state index >= 15 is 0 Å². The molecule has 0 aromatic heterocycles. The highest BCUT2D eigenvalue weighted by atomic mass is 35.5.